The van der Waals surface area contributed by atoms with Crippen molar-refractivity contribution in [3.8, 4) is 5.75 Å². The number of carbonyl (C=O) groups excluding carboxylic acids is 2. The predicted molar refractivity (Wildman–Crippen MR) is 76.5 cm³/mol. The SMILES string of the molecule is CN(C(=O)C(=O)Nc1ccc(F)c(F)c1F)c1ccc(O)cc1. The normalized spacial score (nSPS) is 10.3. The second-order valence-electron chi connectivity index (χ2n) is 4.56. The van der Waals surface area contributed by atoms with Crippen LogP contribution in [0.15, 0.2) is 36.4 Å². The summed E-state index contributed by atoms with van der Waals surface area (Å²) < 4.78 is 39.4. The molecule has 0 aliphatic rings. The van der Waals surface area contributed by atoms with E-state index in [9.17, 15) is 22.8 Å². The monoisotopic (exact) mass is 324 g/mol. The molecule has 2 N–H and O–H groups in total. The molecule has 0 saturated heterocycles. The van der Waals surface area contributed by atoms with Gasteiger partial charge >= 0.3 is 11.8 Å². The second kappa shape index (κ2) is 6.39. The summed E-state index contributed by atoms with van der Waals surface area (Å²) in [6.45, 7) is 0. The molecule has 0 saturated carbocycles. The van der Waals surface area contributed by atoms with Crippen LogP contribution in [0.3, 0.4) is 0 Å². The molecular formula is C15H11F3N2O3. The largest absolute Gasteiger partial charge is 0.508 e. The van der Waals surface area contributed by atoms with Crippen molar-refractivity contribution in [2.75, 3.05) is 17.3 Å². The number of rotatable bonds is 2. The van der Waals surface area contributed by atoms with Crippen molar-refractivity contribution in [3.63, 3.8) is 0 Å². The Labute approximate surface area is 129 Å². The van der Waals surface area contributed by atoms with Gasteiger partial charge in [-0.1, -0.05) is 0 Å². The minimum atomic E-state index is -1.75. The molecule has 0 fully saturated rings. The third kappa shape index (κ3) is 3.42. The Morgan fingerprint density at radius 1 is 1.00 bits per heavy atom. The predicted octanol–water partition coefficient (Wildman–Crippen LogP) is 2.41. The van der Waals surface area contributed by atoms with E-state index >= 15 is 0 Å². The van der Waals surface area contributed by atoms with E-state index in [0.29, 0.717) is 11.8 Å². The van der Waals surface area contributed by atoms with E-state index in [1.807, 2.05) is 5.32 Å². The molecule has 2 rings (SSSR count). The van der Waals surface area contributed by atoms with E-state index in [2.05, 4.69) is 0 Å². The van der Waals surface area contributed by atoms with Crippen LogP contribution in [-0.4, -0.2) is 24.0 Å². The molecule has 120 valence electrons. The third-order valence-corrected chi connectivity index (χ3v) is 3.02. The molecule has 0 atom stereocenters. The van der Waals surface area contributed by atoms with Crippen molar-refractivity contribution in [3.05, 3.63) is 53.8 Å². The average Bonchev–Trinajstić information content (AvgIpc) is 2.54. The van der Waals surface area contributed by atoms with Gasteiger partial charge in [0.2, 0.25) is 0 Å². The highest BCUT2D eigenvalue weighted by Crippen LogP contribution is 2.21. The summed E-state index contributed by atoms with van der Waals surface area (Å²) in [5.74, 6) is -7.07. The van der Waals surface area contributed by atoms with Gasteiger partial charge in [0.1, 0.15) is 5.75 Å². The van der Waals surface area contributed by atoms with Crippen LogP contribution >= 0.6 is 0 Å². The molecule has 23 heavy (non-hydrogen) atoms. The molecule has 0 aliphatic heterocycles. The molecule has 2 aromatic carbocycles. The minimum absolute atomic E-state index is 0.0251. The van der Waals surface area contributed by atoms with Gasteiger partial charge in [-0.2, -0.15) is 0 Å². The lowest BCUT2D eigenvalue weighted by Crippen LogP contribution is -2.37. The van der Waals surface area contributed by atoms with Crippen molar-refractivity contribution < 1.29 is 27.9 Å². The Morgan fingerprint density at radius 2 is 1.61 bits per heavy atom. The smallest absolute Gasteiger partial charge is 0.316 e. The number of anilines is 2. The molecule has 0 unspecified atom stereocenters. The highest BCUT2D eigenvalue weighted by Gasteiger charge is 2.22. The Balaban J connectivity index is 2.16. The minimum Gasteiger partial charge on any atom is -0.508 e. The van der Waals surface area contributed by atoms with Crippen LogP contribution in [0, 0.1) is 17.5 Å². The lowest BCUT2D eigenvalue weighted by atomic mass is 10.2. The fourth-order valence-corrected chi connectivity index (χ4v) is 1.74. The zero-order valence-corrected chi connectivity index (χ0v) is 11.8. The van der Waals surface area contributed by atoms with E-state index in [-0.39, 0.29) is 5.75 Å². The Kier molecular flexibility index (Phi) is 4.54. The van der Waals surface area contributed by atoms with Crippen molar-refractivity contribution in [2.45, 2.75) is 0 Å². The van der Waals surface area contributed by atoms with Crippen LogP contribution in [0.5, 0.6) is 5.75 Å². The number of hydrogen-bond donors (Lipinski definition) is 2. The van der Waals surface area contributed by atoms with E-state index in [1.165, 1.54) is 31.3 Å². The quantitative estimate of drug-likeness (QED) is 0.658. The first-order chi connectivity index (χ1) is 10.8. The number of halogens is 3. The van der Waals surface area contributed by atoms with Crippen molar-refractivity contribution in [1.29, 1.82) is 0 Å². The van der Waals surface area contributed by atoms with Gasteiger partial charge in [0, 0.05) is 12.7 Å². The highest BCUT2D eigenvalue weighted by molar-refractivity contribution is 6.44. The standard InChI is InChI=1S/C15H11F3N2O3/c1-20(8-2-4-9(21)5-3-8)15(23)14(22)19-11-7-6-10(16)12(17)13(11)18/h2-7,21H,1H3,(H,19,22). The first kappa shape index (κ1) is 16.3. The van der Waals surface area contributed by atoms with Gasteiger partial charge in [-0.3, -0.25) is 9.59 Å². The van der Waals surface area contributed by atoms with Crippen LogP contribution in [0.2, 0.25) is 0 Å². The molecule has 0 bridgehead atoms. The zero-order valence-electron chi connectivity index (χ0n) is 11.8. The number of aromatic hydroxyl groups is 1. The Morgan fingerprint density at radius 3 is 2.22 bits per heavy atom. The van der Waals surface area contributed by atoms with Crippen LogP contribution < -0.4 is 10.2 Å². The maximum absolute atomic E-state index is 13.5. The number of carbonyl (C=O) groups is 2. The van der Waals surface area contributed by atoms with Gasteiger partial charge in [-0.15, -0.1) is 0 Å². The van der Waals surface area contributed by atoms with Crippen LogP contribution in [0.4, 0.5) is 24.5 Å². The third-order valence-electron chi connectivity index (χ3n) is 3.02. The summed E-state index contributed by atoms with van der Waals surface area (Å²) in [5, 5.41) is 11.0. The summed E-state index contributed by atoms with van der Waals surface area (Å²) in [7, 11) is 1.29. The number of nitrogens with one attached hydrogen (secondary N) is 1. The number of hydrogen-bond acceptors (Lipinski definition) is 3. The van der Waals surface area contributed by atoms with Crippen LogP contribution in [0.1, 0.15) is 0 Å². The summed E-state index contributed by atoms with van der Waals surface area (Å²) in [5.41, 5.74) is -0.352. The number of amides is 2. The molecule has 2 amide bonds. The van der Waals surface area contributed by atoms with Gasteiger partial charge in [0.25, 0.3) is 0 Å². The van der Waals surface area contributed by atoms with Crippen molar-refractivity contribution in [1.82, 2.24) is 0 Å². The van der Waals surface area contributed by atoms with Gasteiger partial charge in [-0.25, -0.2) is 13.2 Å². The number of phenols is 1. The summed E-state index contributed by atoms with van der Waals surface area (Å²) in [4.78, 5) is 24.7. The van der Waals surface area contributed by atoms with Gasteiger partial charge < -0.3 is 15.3 Å². The molecule has 2 aromatic rings. The molecule has 0 spiro atoms. The summed E-state index contributed by atoms with van der Waals surface area (Å²) >= 11 is 0. The maximum Gasteiger partial charge on any atom is 0.316 e. The maximum atomic E-state index is 13.5. The van der Waals surface area contributed by atoms with Gasteiger partial charge in [-0.05, 0) is 36.4 Å². The zero-order chi connectivity index (χ0) is 17.1. The van der Waals surface area contributed by atoms with E-state index in [0.717, 1.165) is 11.0 Å². The van der Waals surface area contributed by atoms with Crippen molar-refractivity contribution in [2.24, 2.45) is 0 Å². The first-order valence-corrected chi connectivity index (χ1v) is 6.33. The molecule has 8 heteroatoms. The molecule has 0 radical (unpaired) electrons. The van der Waals surface area contributed by atoms with Gasteiger partial charge in [0.15, 0.2) is 17.5 Å². The topological polar surface area (TPSA) is 69.6 Å². The lowest BCUT2D eigenvalue weighted by molar-refractivity contribution is -0.134. The van der Waals surface area contributed by atoms with Gasteiger partial charge in [0.05, 0.1) is 5.69 Å². The Hall–Kier alpha value is -3.03. The van der Waals surface area contributed by atoms with Crippen LogP contribution in [0.25, 0.3) is 0 Å². The van der Waals surface area contributed by atoms with E-state index < -0.39 is 35.0 Å². The number of phenolic OH excluding ortho intramolecular Hbond substituents is 1. The second-order valence-corrected chi connectivity index (χ2v) is 4.56. The molecule has 0 heterocycles. The number of benzene rings is 2. The number of nitrogens with zero attached hydrogens (tertiary/aromatic N) is 1. The van der Waals surface area contributed by atoms with Crippen molar-refractivity contribution >= 4 is 23.2 Å². The van der Waals surface area contributed by atoms with E-state index in [4.69, 9.17) is 5.11 Å². The summed E-state index contributed by atoms with van der Waals surface area (Å²) in [6.07, 6.45) is 0. The fourth-order valence-electron chi connectivity index (χ4n) is 1.74. The van der Waals surface area contributed by atoms with Crippen LogP contribution in [-0.2, 0) is 9.59 Å². The summed E-state index contributed by atoms with van der Waals surface area (Å²) in [6, 6.07) is 6.83. The molecule has 5 nitrogen and oxygen atoms in total. The Bertz CT molecular complexity index is 763. The average molecular weight is 324 g/mol. The lowest BCUT2D eigenvalue weighted by Gasteiger charge is -2.17. The first-order valence-electron chi connectivity index (χ1n) is 6.33. The molecule has 0 aromatic heterocycles. The highest BCUT2D eigenvalue weighted by atomic mass is 19.2. The number of likely N-dealkylation sites (N-methyl/N-ethyl adjacent to an activating group) is 1. The fraction of sp³-hybridized carbons (Fsp3) is 0.0667. The molecular weight excluding hydrogens is 313 g/mol. The molecule has 0 aliphatic carbocycles. The van der Waals surface area contributed by atoms with E-state index in [1.54, 1.807) is 0 Å².